The summed E-state index contributed by atoms with van der Waals surface area (Å²) in [6.07, 6.45) is 0. The minimum absolute atomic E-state index is 0.158. The fourth-order valence-electron chi connectivity index (χ4n) is 2.13. The van der Waals surface area contributed by atoms with E-state index in [1.165, 1.54) is 0 Å². The van der Waals surface area contributed by atoms with Crippen molar-refractivity contribution in [2.45, 2.75) is 0 Å². The third-order valence-corrected chi connectivity index (χ3v) is 3.06. The molecular formula is C14H8O8. The molecule has 0 bridgehead atoms. The number of carboxylic acid groups (broad SMARTS) is 4. The summed E-state index contributed by atoms with van der Waals surface area (Å²) >= 11 is 0. The van der Waals surface area contributed by atoms with Crippen molar-refractivity contribution in [1.29, 1.82) is 0 Å². The second kappa shape index (κ2) is 5.17. The van der Waals surface area contributed by atoms with Crippen LogP contribution < -0.4 is 0 Å². The quantitative estimate of drug-likeness (QED) is 0.665. The molecule has 0 aliphatic heterocycles. The molecule has 0 fully saturated rings. The van der Waals surface area contributed by atoms with E-state index in [0.717, 1.165) is 18.2 Å². The number of hydrogen-bond donors (Lipinski definition) is 4. The first-order valence-electron chi connectivity index (χ1n) is 5.78. The molecule has 8 nitrogen and oxygen atoms in total. The maximum absolute atomic E-state index is 11.3. The van der Waals surface area contributed by atoms with Crippen molar-refractivity contribution in [3.05, 3.63) is 46.5 Å². The Labute approximate surface area is 121 Å². The number of carboxylic acids is 4. The largest absolute Gasteiger partial charge is 0.478 e. The summed E-state index contributed by atoms with van der Waals surface area (Å²) in [4.78, 5) is 44.7. The van der Waals surface area contributed by atoms with Crippen molar-refractivity contribution >= 4 is 34.6 Å². The lowest BCUT2D eigenvalue weighted by Gasteiger charge is -2.10. The topological polar surface area (TPSA) is 149 Å². The molecular weight excluding hydrogens is 296 g/mol. The van der Waals surface area contributed by atoms with Crippen molar-refractivity contribution in [3.63, 3.8) is 0 Å². The molecule has 22 heavy (non-hydrogen) atoms. The predicted molar refractivity (Wildman–Crippen MR) is 71.8 cm³/mol. The number of rotatable bonds is 4. The molecule has 0 amide bonds. The Morgan fingerprint density at radius 1 is 0.636 bits per heavy atom. The van der Waals surface area contributed by atoms with E-state index < -0.39 is 40.6 Å². The SMILES string of the molecule is O=C(O)c1ccc2c(C(=O)O)c(C(=O)O)cc(C(=O)O)c2c1. The molecule has 0 aliphatic rings. The highest BCUT2D eigenvalue weighted by Gasteiger charge is 2.24. The molecule has 2 aromatic rings. The van der Waals surface area contributed by atoms with E-state index in [9.17, 15) is 24.3 Å². The highest BCUT2D eigenvalue weighted by Crippen LogP contribution is 2.28. The monoisotopic (exact) mass is 304 g/mol. The van der Waals surface area contributed by atoms with E-state index in [4.69, 9.17) is 15.3 Å². The molecule has 0 heterocycles. The fourth-order valence-corrected chi connectivity index (χ4v) is 2.13. The van der Waals surface area contributed by atoms with Crippen LogP contribution in [0, 0.1) is 0 Å². The lowest BCUT2D eigenvalue weighted by Crippen LogP contribution is -2.12. The van der Waals surface area contributed by atoms with Crippen LogP contribution in [0.5, 0.6) is 0 Å². The van der Waals surface area contributed by atoms with Gasteiger partial charge in [0.1, 0.15) is 0 Å². The van der Waals surface area contributed by atoms with Crippen LogP contribution in [-0.2, 0) is 0 Å². The van der Waals surface area contributed by atoms with Crippen molar-refractivity contribution in [2.24, 2.45) is 0 Å². The summed E-state index contributed by atoms with van der Waals surface area (Å²) in [5.41, 5.74) is -2.00. The highest BCUT2D eigenvalue weighted by molar-refractivity contribution is 6.17. The van der Waals surface area contributed by atoms with Crippen LogP contribution in [0.15, 0.2) is 24.3 Å². The summed E-state index contributed by atoms with van der Waals surface area (Å²) in [5.74, 6) is -5.96. The standard InChI is InChI=1S/C14H8O8/c15-11(16)5-1-2-6-7(3-5)8(12(17)18)4-9(13(19)20)10(6)14(21)22/h1-4H,(H,15,16)(H,17,18)(H,19,20)(H,21,22). The van der Waals surface area contributed by atoms with E-state index in [-0.39, 0.29) is 16.3 Å². The predicted octanol–water partition coefficient (Wildman–Crippen LogP) is 1.63. The van der Waals surface area contributed by atoms with E-state index in [1.54, 1.807) is 0 Å². The van der Waals surface area contributed by atoms with Gasteiger partial charge in [0.2, 0.25) is 0 Å². The molecule has 0 spiro atoms. The molecule has 0 aromatic heterocycles. The Morgan fingerprint density at radius 3 is 1.68 bits per heavy atom. The molecule has 0 saturated carbocycles. The molecule has 0 saturated heterocycles. The molecule has 0 aliphatic carbocycles. The molecule has 4 N–H and O–H groups in total. The molecule has 2 aromatic carbocycles. The summed E-state index contributed by atoms with van der Waals surface area (Å²) in [6.45, 7) is 0. The van der Waals surface area contributed by atoms with Gasteiger partial charge in [-0.15, -0.1) is 0 Å². The van der Waals surface area contributed by atoms with Crippen molar-refractivity contribution in [1.82, 2.24) is 0 Å². The minimum Gasteiger partial charge on any atom is -0.478 e. The average Bonchev–Trinajstić information content (AvgIpc) is 2.43. The first kappa shape index (κ1) is 15.0. The number of carbonyl (C=O) groups is 4. The van der Waals surface area contributed by atoms with Gasteiger partial charge in [0.05, 0.1) is 22.3 Å². The zero-order valence-electron chi connectivity index (χ0n) is 10.7. The van der Waals surface area contributed by atoms with Gasteiger partial charge in [0.25, 0.3) is 0 Å². The minimum atomic E-state index is -1.59. The van der Waals surface area contributed by atoms with Crippen LogP contribution in [0.2, 0.25) is 0 Å². The van der Waals surface area contributed by atoms with Crippen LogP contribution in [0.4, 0.5) is 0 Å². The van der Waals surface area contributed by atoms with Gasteiger partial charge in [-0.1, -0.05) is 6.07 Å². The Hall–Kier alpha value is -3.42. The smallest absolute Gasteiger partial charge is 0.337 e. The summed E-state index contributed by atoms with van der Waals surface area (Å²) in [7, 11) is 0. The molecule has 0 unspecified atom stereocenters. The van der Waals surface area contributed by atoms with Crippen LogP contribution in [0.3, 0.4) is 0 Å². The van der Waals surface area contributed by atoms with Gasteiger partial charge in [-0.05, 0) is 29.0 Å². The molecule has 8 heteroatoms. The van der Waals surface area contributed by atoms with Crippen LogP contribution in [0.25, 0.3) is 10.8 Å². The average molecular weight is 304 g/mol. The Bertz CT molecular complexity index is 850. The lowest BCUT2D eigenvalue weighted by molar-refractivity contribution is 0.0651. The van der Waals surface area contributed by atoms with Gasteiger partial charge in [-0.25, -0.2) is 19.2 Å². The summed E-state index contributed by atoms with van der Waals surface area (Å²) in [6, 6.07) is 3.87. The number of fused-ring (bicyclic) bond motifs is 1. The third-order valence-electron chi connectivity index (χ3n) is 3.06. The van der Waals surface area contributed by atoms with Gasteiger partial charge < -0.3 is 20.4 Å². The summed E-state index contributed by atoms with van der Waals surface area (Å²) < 4.78 is 0. The first-order valence-corrected chi connectivity index (χ1v) is 5.78. The molecule has 0 radical (unpaired) electrons. The van der Waals surface area contributed by atoms with Gasteiger partial charge in [-0.3, -0.25) is 0 Å². The van der Waals surface area contributed by atoms with Crippen molar-refractivity contribution in [2.75, 3.05) is 0 Å². The van der Waals surface area contributed by atoms with Crippen LogP contribution in [0.1, 0.15) is 41.4 Å². The van der Waals surface area contributed by atoms with Crippen LogP contribution >= 0.6 is 0 Å². The second-order valence-electron chi connectivity index (χ2n) is 4.33. The highest BCUT2D eigenvalue weighted by atomic mass is 16.4. The van der Waals surface area contributed by atoms with E-state index in [0.29, 0.717) is 6.07 Å². The van der Waals surface area contributed by atoms with Crippen molar-refractivity contribution in [3.8, 4) is 0 Å². The Balaban J connectivity index is 3.04. The second-order valence-corrected chi connectivity index (χ2v) is 4.33. The maximum Gasteiger partial charge on any atom is 0.337 e. The van der Waals surface area contributed by atoms with Crippen LogP contribution in [-0.4, -0.2) is 44.3 Å². The zero-order chi connectivity index (χ0) is 16.6. The molecule has 0 atom stereocenters. The number of aromatic carboxylic acids is 4. The van der Waals surface area contributed by atoms with Gasteiger partial charge in [-0.2, -0.15) is 0 Å². The lowest BCUT2D eigenvalue weighted by atomic mass is 9.93. The zero-order valence-corrected chi connectivity index (χ0v) is 10.7. The van der Waals surface area contributed by atoms with Gasteiger partial charge in [0, 0.05) is 0 Å². The Morgan fingerprint density at radius 2 is 1.23 bits per heavy atom. The van der Waals surface area contributed by atoms with E-state index in [1.807, 2.05) is 0 Å². The Kier molecular flexibility index (Phi) is 3.52. The molecule has 112 valence electrons. The number of hydrogen-bond acceptors (Lipinski definition) is 4. The molecule has 2 rings (SSSR count). The van der Waals surface area contributed by atoms with Gasteiger partial charge >= 0.3 is 23.9 Å². The number of benzene rings is 2. The first-order chi connectivity index (χ1) is 10.2. The fraction of sp³-hybridized carbons (Fsp3) is 0. The van der Waals surface area contributed by atoms with E-state index in [2.05, 4.69) is 0 Å². The van der Waals surface area contributed by atoms with Crippen molar-refractivity contribution < 1.29 is 39.6 Å². The maximum atomic E-state index is 11.3. The van der Waals surface area contributed by atoms with E-state index >= 15 is 0 Å². The van der Waals surface area contributed by atoms with Gasteiger partial charge in [0.15, 0.2) is 0 Å². The summed E-state index contributed by atoms with van der Waals surface area (Å²) in [5, 5.41) is 36.0. The third kappa shape index (κ3) is 2.33. The normalized spacial score (nSPS) is 10.4.